The van der Waals surface area contributed by atoms with Crippen molar-refractivity contribution in [1.82, 2.24) is 19.8 Å². The second kappa shape index (κ2) is 10.3. The Labute approximate surface area is 232 Å². The predicted molar refractivity (Wildman–Crippen MR) is 150 cm³/mol. The number of benzene rings is 1. The summed E-state index contributed by atoms with van der Waals surface area (Å²) in [6.45, 7) is 10.4. The van der Waals surface area contributed by atoms with Crippen LogP contribution in [-0.4, -0.2) is 62.7 Å². The highest BCUT2D eigenvalue weighted by Crippen LogP contribution is 2.40. The van der Waals surface area contributed by atoms with Crippen LogP contribution in [0.1, 0.15) is 50.6 Å². The number of piperidine rings is 2. The third-order valence-corrected chi connectivity index (χ3v) is 7.89. The summed E-state index contributed by atoms with van der Waals surface area (Å²) in [6.07, 6.45) is 1.35. The van der Waals surface area contributed by atoms with Gasteiger partial charge in [0.15, 0.2) is 5.13 Å². The van der Waals surface area contributed by atoms with Gasteiger partial charge in [-0.15, -0.1) is 0 Å². The Bertz CT molecular complexity index is 1450. The Morgan fingerprint density at radius 1 is 1.03 bits per heavy atom. The van der Waals surface area contributed by atoms with Crippen molar-refractivity contribution in [1.29, 1.82) is 5.26 Å². The number of rotatable bonds is 3. The molecule has 3 amide bonds. The number of hydrogen-bond acceptors (Lipinski definition) is 7. The van der Waals surface area contributed by atoms with Crippen molar-refractivity contribution in [2.75, 3.05) is 18.4 Å². The molecule has 0 spiro atoms. The third kappa shape index (κ3) is 5.73. The minimum absolute atomic E-state index is 0.0745. The number of aryl methyl sites for hydroxylation is 2. The molecule has 10 heteroatoms. The van der Waals surface area contributed by atoms with E-state index in [0.29, 0.717) is 29.5 Å². The van der Waals surface area contributed by atoms with E-state index in [1.54, 1.807) is 17.0 Å². The number of nitrogens with one attached hydrogen (secondary N) is 1. The first-order valence-electron chi connectivity index (χ1n) is 13.0. The molecule has 3 aromatic rings. The number of thiazole rings is 1. The largest absolute Gasteiger partial charge is 0.444 e. The molecule has 3 aliphatic rings. The maximum atomic E-state index is 13.5. The van der Waals surface area contributed by atoms with Crippen LogP contribution in [0.15, 0.2) is 36.4 Å². The summed E-state index contributed by atoms with van der Waals surface area (Å²) in [5.41, 5.74) is 4.22. The molecule has 6 rings (SSSR count). The Morgan fingerprint density at radius 2 is 1.69 bits per heavy atom. The highest BCUT2D eigenvalue weighted by atomic mass is 32.1. The number of urea groups is 1. The zero-order valence-electron chi connectivity index (χ0n) is 22.8. The van der Waals surface area contributed by atoms with E-state index in [2.05, 4.69) is 16.4 Å². The molecule has 0 saturated carbocycles. The smallest absolute Gasteiger partial charge is 0.410 e. The lowest BCUT2D eigenvalue weighted by atomic mass is 9.91. The molecule has 2 aromatic heterocycles. The molecule has 5 heterocycles. The first-order chi connectivity index (χ1) is 18.5. The Morgan fingerprint density at radius 3 is 2.31 bits per heavy atom. The van der Waals surface area contributed by atoms with Crippen LogP contribution in [0.4, 0.5) is 14.7 Å². The van der Waals surface area contributed by atoms with Crippen molar-refractivity contribution in [3.05, 3.63) is 53.3 Å². The maximum absolute atomic E-state index is 13.5. The highest BCUT2D eigenvalue weighted by molar-refractivity contribution is 7.19. The van der Waals surface area contributed by atoms with Gasteiger partial charge in [-0.2, -0.15) is 5.26 Å². The van der Waals surface area contributed by atoms with Crippen LogP contribution in [-0.2, 0) is 4.74 Å². The van der Waals surface area contributed by atoms with Gasteiger partial charge in [-0.1, -0.05) is 23.5 Å². The summed E-state index contributed by atoms with van der Waals surface area (Å²) in [7, 11) is 0. The molecule has 9 nitrogen and oxygen atoms in total. The summed E-state index contributed by atoms with van der Waals surface area (Å²) in [5, 5.41) is 12.9. The fourth-order valence-corrected chi connectivity index (χ4v) is 6.22. The molecule has 0 radical (unpaired) electrons. The average molecular weight is 545 g/mol. The summed E-state index contributed by atoms with van der Waals surface area (Å²) < 4.78 is 5.59. The van der Waals surface area contributed by atoms with Crippen LogP contribution in [0.5, 0.6) is 0 Å². The Kier molecular flexibility index (Phi) is 7.03. The highest BCUT2D eigenvalue weighted by Gasteiger charge is 2.44. The van der Waals surface area contributed by atoms with E-state index in [4.69, 9.17) is 9.72 Å². The van der Waals surface area contributed by atoms with E-state index in [-0.39, 0.29) is 24.2 Å². The monoisotopic (exact) mass is 544 g/mol. The number of piperazine rings is 1. The second-order valence-electron chi connectivity index (χ2n) is 11.1. The number of aromatic nitrogens is 2. The zero-order valence-corrected chi connectivity index (χ0v) is 23.6. The van der Waals surface area contributed by atoms with Gasteiger partial charge in [0.2, 0.25) is 0 Å². The van der Waals surface area contributed by atoms with Crippen molar-refractivity contribution in [3.63, 3.8) is 0 Å². The number of carbonyl (C=O) groups is 2. The number of amides is 3. The number of nitriles is 1. The lowest BCUT2D eigenvalue weighted by Crippen LogP contribution is -2.66. The van der Waals surface area contributed by atoms with Crippen molar-refractivity contribution >= 4 is 28.6 Å². The van der Waals surface area contributed by atoms with Crippen LogP contribution < -0.4 is 5.32 Å². The van der Waals surface area contributed by atoms with Gasteiger partial charge >= 0.3 is 12.1 Å². The number of hydrogen-bond donors (Lipinski definition) is 1. The van der Waals surface area contributed by atoms with Crippen molar-refractivity contribution in [2.24, 2.45) is 0 Å². The lowest BCUT2D eigenvalue weighted by Gasteiger charge is -2.50. The van der Waals surface area contributed by atoms with E-state index in [1.165, 1.54) is 11.3 Å². The number of carbonyl (C=O) groups excluding carboxylic acids is 2. The SMILES string of the molecule is Cc1cc(-c2sc(NC(=O)N3C[C@H]4CC[C@@H]3CN4C(=O)OC(C)(C)C)nc2-c2cccc(C#N)c2)cc(C)n1. The fraction of sp³-hybridized carbons (Fsp3) is 0.414. The quantitative estimate of drug-likeness (QED) is 0.434. The van der Waals surface area contributed by atoms with Crippen LogP contribution in [0.2, 0.25) is 0 Å². The minimum Gasteiger partial charge on any atom is -0.444 e. The minimum atomic E-state index is -0.566. The van der Waals surface area contributed by atoms with Gasteiger partial charge in [0.1, 0.15) is 5.60 Å². The van der Waals surface area contributed by atoms with Crippen molar-refractivity contribution in [2.45, 2.75) is 65.1 Å². The molecule has 3 aliphatic heterocycles. The number of pyridine rings is 1. The zero-order chi connectivity index (χ0) is 27.9. The van der Waals surface area contributed by atoms with Gasteiger partial charge in [-0.25, -0.2) is 14.6 Å². The summed E-state index contributed by atoms with van der Waals surface area (Å²) in [6, 6.07) is 13.1. The molecule has 1 aromatic carbocycles. The first kappa shape index (κ1) is 26.6. The lowest BCUT2D eigenvalue weighted by molar-refractivity contribution is -0.0277. The Hall–Kier alpha value is -3.97. The summed E-state index contributed by atoms with van der Waals surface area (Å²) in [5.74, 6) is 0. The molecule has 1 N–H and O–H groups in total. The molecule has 2 atom stereocenters. The van der Waals surface area contributed by atoms with E-state index < -0.39 is 5.60 Å². The van der Waals surface area contributed by atoms with Crippen LogP contribution in [0.25, 0.3) is 21.7 Å². The molecular formula is C29H32N6O3S. The van der Waals surface area contributed by atoms with E-state index in [9.17, 15) is 14.9 Å². The Balaban J connectivity index is 1.40. The normalized spacial score (nSPS) is 18.6. The molecule has 3 fully saturated rings. The maximum Gasteiger partial charge on any atom is 0.410 e. The van der Waals surface area contributed by atoms with Gasteiger partial charge < -0.3 is 14.5 Å². The summed E-state index contributed by atoms with van der Waals surface area (Å²) >= 11 is 1.40. The van der Waals surface area contributed by atoms with Gasteiger partial charge in [-0.3, -0.25) is 10.3 Å². The van der Waals surface area contributed by atoms with Crippen LogP contribution in [0.3, 0.4) is 0 Å². The number of fused-ring (bicyclic) bond motifs is 3. The van der Waals surface area contributed by atoms with Gasteiger partial charge in [-0.05, 0) is 77.3 Å². The standard InChI is InChI=1S/C29H32N6O3S/c1-17-11-21(12-18(2)31-17)25-24(20-8-6-7-19(13-20)14-30)32-26(39-25)33-27(36)34-15-23-10-9-22(34)16-35(23)28(37)38-29(3,4)5/h6-8,11-13,22-23H,9-10,15-16H2,1-5H3,(H,32,33,36)/t22-,23-/m1/s1. The van der Waals surface area contributed by atoms with Crippen molar-refractivity contribution < 1.29 is 14.3 Å². The topological polar surface area (TPSA) is 111 Å². The van der Waals surface area contributed by atoms with E-state index in [1.807, 2.05) is 63.8 Å². The molecule has 202 valence electrons. The van der Waals surface area contributed by atoms with Crippen LogP contribution >= 0.6 is 11.3 Å². The molecule has 39 heavy (non-hydrogen) atoms. The molecule has 0 unspecified atom stereocenters. The number of ether oxygens (including phenoxy) is 1. The molecule has 3 saturated heterocycles. The summed E-state index contributed by atoms with van der Waals surface area (Å²) in [4.78, 5) is 40.0. The van der Waals surface area contributed by atoms with E-state index in [0.717, 1.165) is 40.2 Å². The number of nitrogens with zero attached hydrogens (tertiary/aromatic N) is 5. The van der Waals surface area contributed by atoms with Gasteiger partial charge in [0, 0.05) is 30.0 Å². The third-order valence-electron chi connectivity index (χ3n) is 6.87. The fourth-order valence-electron chi connectivity index (χ4n) is 5.25. The average Bonchev–Trinajstić information content (AvgIpc) is 3.31. The predicted octanol–water partition coefficient (Wildman–Crippen LogP) is 5.98. The van der Waals surface area contributed by atoms with Gasteiger partial charge in [0.05, 0.1) is 34.3 Å². The van der Waals surface area contributed by atoms with Crippen LogP contribution in [0, 0.1) is 25.2 Å². The molecule has 0 aliphatic carbocycles. The van der Waals surface area contributed by atoms with E-state index >= 15 is 0 Å². The first-order valence-corrected chi connectivity index (χ1v) is 13.9. The molecule has 2 bridgehead atoms. The van der Waals surface area contributed by atoms with Crippen molar-refractivity contribution in [3.8, 4) is 27.8 Å². The van der Waals surface area contributed by atoms with Gasteiger partial charge in [0.25, 0.3) is 0 Å². The molecular weight excluding hydrogens is 512 g/mol. The second-order valence-corrected chi connectivity index (χ2v) is 12.1. The number of anilines is 1.